The van der Waals surface area contributed by atoms with Crippen molar-refractivity contribution < 1.29 is 9.21 Å². The molecule has 5 N–H and O–H groups in total. The van der Waals surface area contributed by atoms with Crippen LogP contribution >= 0.6 is 0 Å². The Kier molecular flexibility index (Phi) is 5.09. The van der Waals surface area contributed by atoms with E-state index in [1.54, 1.807) is 48.7 Å². The van der Waals surface area contributed by atoms with Gasteiger partial charge in [-0.15, -0.1) is 0 Å². The second-order valence-corrected chi connectivity index (χ2v) is 4.44. The lowest BCUT2D eigenvalue weighted by Crippen LogP contribution is -2.22. The Morgan fingerprint density at radius 1 is 1.35 bits per heavy atom. The molecule has 0 aliphatic carbocycles. The molecule has 0 bridgehead atoms. The van der Waals surface area contributed by atoms with E-state index < -0.39 is 5.84 Å². The SMILES string of the molecule is N#C/C(=N\Nc1ccc(C(=O)NCc2ccco2)cc1)C(=N)N. The Morgan fingerprint density at radius 2 is 2.09 bits per heavy atom. The van der Waals surface area contributed by atoms with Crippen LogP contribution in [-0.2, 0) is 6.54 Å². The molecular weight excluding hydrogens is 296 g/mol. The van der Waals surface area contributed by atoms with Crippen LogP contribution in [0.5, 0.6) is 0 Å². The van der Waals surface area contributed by atoms with Gasteiger partial charge in [-0.2, -0.15) is 10.4 Å². The fourth-order valence-corrected chi connectivity index (χ4v) is 1.64. The van der Waals surface area contributed by atoms with Gasteiger partial charge < -0.3 is 15.5 Å². The average molecular weight is 310 g/mol. The van der Waals surface area contributed by atoms with Crippen molar-refractivity contribution in [2.45, 2.75) is 6.54 Å². The van der Waals surface area contributed by atoms with Gasteiger partial charge in [-0.3, -0.25) is 15.6 Å². The van der Waals surface area contributed by atoms with E-state index in [4.69, 9.17) is 20.8 Å². The first-order valence-electron chi connectivity index (χ1n) is 6.59. The summed E-state index contributed by atoms with van der Waals surface area (Å²) in [5, 5.41) is 22.3. The molecule has 0 atom stereocenters. The maximum Gasteiger partial charge on any atom is 0.251 e. The number of benzene rings is 1. The van der Waals surface area contributed by atoms with Crippen molar-refractivity contribution >= 4 is 23.1 Å². The van der Waals surface area contributed by atoms with Crippen LogP contribution in [0.3, 0.4) is 0 Å². The molecule has 0 aliphatic rings. The van der Waals surface area contributed by atoms with E-state index >= 15 is 0 Å². The number of nitrogens with zero attached hydrogens (tertiary/aromatic N) is 2. The maximum absolute atomic E-state index is 12.0. The van der Waals surface area contributed by atoms with Crippen LogP contribution in [0.2, 0.25) is 0 Å². The molecule has 23 heavy (non-hydrogen) atoms. The third kappa shape index (κ3) is 4.44. The molecule has 0 saturated carbocycles. The highest BCUT2D eigenvalue weighted by molar-refractivity contribution is 6.45. The number of nitriles is 1. The van der Waals surface area contributed by atoms with Gasteiger partial charge in [0.05, 0.1) is 18.5 Å². The van der Waals surface area contributed by atoms with Gasteiger partial charge in [0.15, 0.2) is 5.84 Å². The summed E-state index contributed by atoms with van der Waals surface area (Å²) in [6.07, 6.45) is 1.54. The molecule has 0 radical (unpaired) electrons. The molecule has 2 rings (SSSR count). The number of rotatable bonds is 6. The molecule has 1 amide bonds. The number of anilines is 1. The minimum absolute atomic E-state index is 0.217. The van der Waals surface area contributed by atoms with Crippen LogP contribution in [0.15, 0.2) is 52.2 Å². The quantitative estimate of drug-likeness (QED) is 0.363. The Bertz CT molecular complexity index is 756. The van der Waals surface area contributed by atoms with E-state index in [9.17, 15) is 4.79 Å². The van der Waals surface area contributed by atoms with E-state index in [1.165, 1.54) is 0 Å². The maximum atomic E-state index is 12.0. The van der Waals surface area contributed by atoms with E-state index in [0.717, 1.165) is 0 Å². The molecule has 0 saturated heterocycles. The van der Waals surface area contributed by atoms with Crippen LogP contribution < -0.4 is 16.5 Å². The summed E-state index contributed by atoms with van der Waals surface area (Å²) in [7, 11) is 0. The summed E-state index contributed by atoms with van der Waals surface area (Å²) in [6, 6.07) is 11.7. The molecule has 116 valence electrons. The Labute approximate surface area is 132 Å². The Hall–Kier alpha value is -3.60. The highest BCUT2D eigenvalue weighted by atomic mass is 16.3. The van der Waals surface area contributed by atoms with Gasteiger partial charge in [-0.1, -0.05) is 0 Å². The molecule has 1 aromatic carbocycles. The van der Waals surface area contributed by atoms with Gasteiger partial charge >= 0.3 is 0 Å². The van der Waals surface area contributed by atoms with Crippen molar-refractivity contribution in [2.75, 3.05) is 5.43 Å². The molecule has 8 nitrogen and oxygen atoms in total. The normalized spacial score (nSPS) is 10.7. The Morgan fingerprint density at radius 3 is 2.65 bits per heavy atom. The molecular formula is C15H14N6O2. The zero-order valence-electron chi connectivity index (χ0n) is 12.0. The van der Waals surface area contributed by atoms with E-state index in [-0.39, 0.29) is 11.6 Å². The largest absolute Gasteiger partial charge is 0.467 e. The number of carbonyl (C=O) groups excluding carboxylic acids is 1. The highest BCUT2D eigenvalue weighted by Crippen LogP contribution is 2.10. The molecule has 0 fully saturated rings. The minimum atomic E-state index is -0.422. The van der Waals surface area contributed by atoms with Gasteiger partial charge in [0, 0.05) is 5.56 Å². The monoisotopic (exact) mass is 310 g/mol. The summed E-state index contributed by atoms with van der Waals surface area (Å²) in [4.78, 5) is 12.0. The third-order valence-electron chi connectivity index (χ3n) is 2.81. The van der Waals surface area contributed by atoms with Gasteiger partial charge in [-0.05, 0) is 36.4 Å². The summed E-state index contributed by atoms with van der Waals surface area (Å²) in [5.74, 6) is 0.00562. The van der Waals surface area contributed by atoms with Gasteiger partial charge in [0.2, 0.25) is 5.71 Å². The van der Waals surface area contributed by atoms with Crippen molar-refractivity contribution in [3.63, 3.8) is 0 Å². The van der Waals surface area contributed by atoms with E-state index in [1.807, 2.05) is 0 Å². The molecule has 0 spiro atoms. The lowest BCUT2D eigenvalue weighted by atomic mass is 10.2. The number of furan rings is 1. The number of nitrogens with one attached hydrogen (secondary N) is 3. The number of hydrazone groups is 1. The van der Waals surface area contributed by atoms with Crippen molar-refractivity contribution in [1.82, 2.24) is 5.32 Å². The average Bonchev–Trinajstić information content (AvgIpc) is 3.07. The molecule has 0 aliphatic heterocycles. The molecule has 0 unspecified atom stereocenters. The second kappa shape index (κ2) is 7.42. The van der Waals surface area contributed by atoms with Crippen LogP contribution in [0.1, 0.15) is 16.1 Å². The van der Waals surface area contributed by atoms with Crippen LogP contribution in [0, 0.1) is 16.7 Å². The van der Waals surface area contributed by atoms with Crippen molar-refractivity contribution in [1.29, 1.82) is 10.7 Å². The lowest BCUT2D eigenvalue weighted by molar-refractivity contribution is 0.0948. The van der Waals surface area contributed by atoms with E-state index in [2.05, 4.69) is 15.8 Å². The molecule has 2 aromatic rings. The van der Waals surface area contributed by atoms with Gasteiger partial charge in [0.1, 0.15) is 11.8 Å². The molecule has 1 aromatic heterocycles. The van der Waals surface area contributed by atoms with Crippen molar-refractivity contribution in [3.8, 4) is 6.07 Å². The predicted molar refractivity (Wildman–Crippen MR) is 84.9 cm³/mol. The number of carbonyl (C=O) groups is 1. The minimum Gasteiger partial charge on any atom is -0.467 e. The molecule has 1 heterocycles. The zero-order chi connectivity index (χ0) is 16.7. The third-order valence-corrected chi connectivity index (χ3v) is 2.81. The topological polar surface area (TPSA) is 140 Å². The standard InChI is InChI=1S/C15H14N6O2/c16-8-13(14(17)18)21-20-11-5-3-10(4-6-11)15(22)19-9-12-2-1-7-23-12/h1-7,20H,9H2,(H3,17,18)(H,19,22)/b21-13+. The van der Waals surface area contributed by atoms with Gasteiger partial charge in [-0.25, -0.2) is 0 Å². The number of amidine groups is 1. The lowest BCUT2D eigenvalue weighted by Gasteiger charge is -2.05. The summed E-state index contributed by atoms with van der Waals surface area (Å²) in [6.45, 7) is 0.306. The number of nitrogens with two attached hydrogens (primary N) is 1. The van der Waals surface area contributed by atoms with Crippen LogP contribution in [0.25, 0.3) is 0 Å². The number of hydrogen-bond acceptors (Lipinski definition) is 6. The van der Waals surface area contributed by atoms with Gasteiger partial charge in [0.25, 0.3) is 5.91 Å². The number of hydrogen-bond donors (Lipinski definition) is 4. The van der Waals surface area contributed by atoms with Crippen molar-refractivity contribution in [3.05, 3.63) is 54.0 Å². The van der Waals surface area contributed by atoms with E-state index in [0.29, 0.717) is 23.6 Å². The highest BCUT2D eigenvalue weighted by Gasteiger charge is 2.06. The predicted octanol–water partition coefficient (Wildman–Crippen LogP) is 1.44. The smallest absolute Gasteiger partial charge is 0.251 e. The Balaban J connectivity index is 1.95. The first kappa shape index (κ1) is 15.8. The summed E-state index contributed by atoms with van der Waals surface area (Å²) < 4.78 is 5.13. The second-order valence-electron chi connectivity index (χ2n) is 4.44. The number of amides is 1. The first-order chi connectivity index (χ1) is 11.1. The fourth-order valence-electron chi connectivity index (χ4n) is 1.64. The first-order valence-corrected chi connectivity index (χ1v) is 6.59. The fraction of sp³-hybridized carbons (Fsp3) is 0.0667. The van der Waals surface area contributed by atoms with Crippen molar-refractivity contribution in [2.24, 2.45) is 10.8 Å². The zero-order valence-corrected chi connectivity index (χ0v) is 12.0. The van der Waals surface area contributed by atoms with Crippen LogP contribution in [0.4, 0.5) is 5.69 Å². The summed E-state index contributed by atoms with van der Waals surface area (Å²) in [5.41, 5.74) is 8.58. The molecule has 8 heteroatoms. The van der Waals surface area contributed by atoms with Crippen LogP contribution in [-0.4, -0.2) is 17.5 Å². The summed E-state index contributed by atoms with van der Waals surface area (Å²) >= 11 is 0.